The fraction of sp³-hybridized carbons (Fsp3) is 0.562. The maximum atomic E-state index is 12.0. The minimum absolute atomic E-state index is 0.0185. The molecule has 0 radical (unpaired) electrons. The van der Waals surface area contributed by atoms with Crippen molar-refractivity contribution in [1.82, 2.24) is 5.32 Å². The van der Waals surface area contributed by atoms with E-state index in [0.717, 1.165) is 11.7 Å². The summed E-state index contributed by atoms with van der Waals surface area (Å²) in [5, 5.41) is 2.85. The van der Waals surface area contributed by atoms with Gasteiger partial charge in [-0.1, -0.05) is 13.3 Å². The quantitative estimate of drug-likeness (QED) is 0.882. The molecule has 0 saturated heterocycles. The first-order chi connectivity index (χ1) is 9.19. The van der Waals surface area contributed by atoms with Crippen molar-refractivity contribution in [3.8, 4) is 5.75 Å². The summed E-state index contributed by atoms with van der Waals surface area (Å²) in [4.78, 5) is 12.0. The molecule has 0 heterocycles. The zero-order valence-corrected chi connectivity index (χ0v) is 12.0. The van der Waals surface area contributed by atoms with Gasteiger partial charge in [0, 0.05) is 12.1 Å². The molecule has 2 atom stereocenters. The van der Waals surface area contributed by atoms with Gasteiger partial charge in [0.05, 0.1) is 7.11 Å². The lowest BCUT2D eigenvalue weighted by atomic mass is 9.68. The molecule has 1 N–H and O–H groups in total. The number of methoxy groups -OCH3 is 1. The summed E-state index contributed by atoms with van der Waals surface area (Å²) in [7, 11) is 1.65. The highest BCUT2D eigenvalue weighted by atomic mass is 16.5. The molecule has 104 valence electrons. The number of benzene rings is 1. The normalized spacial score (nSPS) is 21.6. The molecule has 19 heavy (non-hydrogen) atoms. The van der Waals surface area contributed by atoms with E-state index in [1.807, 2.05) is 19.1 Å². The Kier molecular flexibility index (Phi) is 4.46. The highest BCUT2D eigenvalue weighted by molar-refractivity contribution is 5.94. The monoisotopic (exact) mass is 261 g/mol. The summed E-state index contributed by atoms with van der Waals surface area (Å²) in [6, 6.07) is 5.92. The molecule has 3 nitrogen and oxygen atoms in total. The van der Waals surface area contributed by atoms with Crippen LogP contribution >= 0.6 is 0 Å². The van der Waals surface area contributed by atoms with Crippen molar-refractivity contribution in [3.05, 3.63) is 29.3 Å². The molecule has 3 heteroatoms. The summed E-state index contributed by atoms with van der Waals surface area (Å²) >= 11 is 0. The Hall–Kier alpha value is -1.51. The first-order valence-corrected chi connectivity index (χ1v) is 7.16. The van der Waals surface area contributed by atoms with Crippen LogP contribution in [0.3, 0.4) is 0 Å². The lowest BCUT2D eigenvalue weighted by Gasteiger charge is -2.36. The predicted molar refractivity (Wildman–Crippen MR) is 76.8 cm³/mol. The van der Waals surface area contributed by atoms with Crippen LogP contribution in [0.4, 0.5) is 0 Å². The SMILES string of the molecule is CCNC(=O)c1cc(OC)cc(C2CCC2CC)c1. The first-order valence-electron chi connectivity index (χ1n) is 7.16. The molecule has 0 aromatic heterocycles. The average molecular weight is 261 g/mol. The number of nitrogens with one attached hydrogen (secondary N) is 1. The number of carbonyl (C=O) groups is 1. The van der Waals surface area contributed by atoms with Crippen LogP contribution in [0.2, 0.25) is 0 Å². The molecule has 1 aromatic rings. The molecule has 1 aromatic carbocycles. The Morgan fingerprint density at radius 1 is 1.32 bits per heavy atom. The summed E-state index contributed by atoms with van der Waals surface area (Å²) in [6.45, 7) is 4.81. The molecule has 0 bridgehead atoms. The lowest BCUT2D eigenvalue weighted by molar-refractivity contribution is 0.0955. The fourth-order valence-electron chi connectivity index (χ4n) is 2.84. The number of rotatable bonds is 5. The summed E-state index contributed by atoms with van der Waals surface area (Å²) in [6.07, 6.45) is 3.73. The van der Waals surface area contributed by atoms with E-state index in [2.05, 4.69) is 18.3 Å². The number of amides is 1. The van der Waals surface area contributed by atoms with Crippen LogP contribution in [0.15, 0.2) is 18.2 Å². The van der Waals surface area contributed by atoms with E-state index >= 15 is 0 Å². The highest BCUT2D eigenvalue weighted by Crippen LogP contribution is 2.45. The van der Waals surface area contributed by atoms with Crippen molar-refractivity contribution in [2.75, 3.05) is 13.7 Å². The van der Waals surface area contributed by atoms with Gasteiger partial charge in [0.15, 0.2) is 0 Å². The smallest absolute Gasteiger partial charge is 0.251 e. The van der Waals surface area contributed by atoms with E-state index in [1.54, 1.807) is 7.11 Å². The molecule has 1 aliphatic rings. The molecular formula is C16H23NO2. The van der Waals surface area contributed by atoms with E-state index < -0.39 is 0 Å². The Labute approximate surface area is 115 Å². The van der Waals surface area contributed by atoms with Gasteiger partial charge in [0.1, 0.15) is 5.75 Å². The Bertz CT molecular complexity index is 454. The number of hydrogen-bond donors (Lipinski definition) is 1. The van der Waals surface area contributed by atoms with Gasteiger partial charge in [-0.05, 0) is 55.4 Å². The summed E-state index contributed by atoms with van der Waals surface area (Å²) in [5.41, 5.74) is 1.96. The second-order valence-electron chi connectivity index (χ2n) is 5.21. The Morgan fingerprint density at radius 2 is 2.11 bits per heavy atom. The fourth-order valence-corrected chi connectivity index (χ4v) is 2.84. The Balaban J connectivity index is 2.28. The van der Waals surface area contributed by atoms with E-state index in [1.165, 1.54) is 24.8 Å². The highest BCUT2D eigenvalue weighted by Gasteiger charge is 2.31. The van der Waals surface area contributed by atoms with E-state index in [-0.39, 0.29) is 5.91 Å². The van der Waals surface area contributed by atoms with Crippen LogP contribution in [0.25, 0.3) is 0 Å². The molecule has 1 aliphatic carbocycles. The van der Waals surface area contributed by atoms with Crippen LogP contribution in [0.5, 0.6) is 5.75 Å². The molecule has 0 aliphatic heterocycles. The van der Waals surface area contributed by atoms with E-state index in [9.17, 15) is 4.79 Å². The van der Waals surface area contributed by atoms with E-state index in [4.69, 9.17) is 4.74 Å². The molecule has 1 saturated carbocycles. The van der Waals surface area contributed by atoms with Gasteiger partial charge in [-0.25, -0.2) is 0 Å². The summed E-state index contributed by atoms with van der Waals surface area (Å²) in [5.74, 6) is 2.11. The van der Waals surface area contributed by atoms with Crippen LogP contribution in [0.1, 0.15) is 54.9 Å². The molecule has 2 rings (SSSR count). The lowest BCUT2D eigenvalue weighted by Crippen LogP contribution is -2.25. The van der Waals surface area contributed by atoms with E-state index in [0.29, 0.717) is 18.0 Å². The maximum absolute atomic E-state index is 12.0. The standard InChI is InChI=1S/C16H23NO2/c1-4-11-6-7-15(11)12-8-13(16(18)17-5-2)10-14(9-12)19-3/h8-11,15H,4-7H2,1-3H3,(H,17,18). The van der Waals surface area contributed by atoms with Crippen molar-refractivity contribution in [2.24, 2.45) is 5.92 Å². The number of ether oxygens (including phenoxy) is 1. The second kappa shape index (κ2) is 6.09. The predicted octanol–water partition coefficient (Wildman–Crippen LogP) is 3.35. The van der Waals surface area contributed by atoms with Gasteiger partial charge in [-0.15, -0.1) is 0 Å². The molecule has 1 fully saturated rings. The van der Waals surface area contributed by atoms with Gasteiger partial charge in [0.25, 0.3) is 5.91 Å². The summed E-state index contributed by atoms with van der Waals surface area (Å²) < 4.78 is 5.33. The van der Waals surface area contributed by atoms with Crippen molar-refractivity contribution in [3.63, 3.8) is 0 Å². The minimum Gasteiger partial charge on any atom is -0.497 e. The van der Waals surface area contributed by atoms with Crippen molar-refractivity contribution in [2.45, 2.75) is 39.0 Å². The van der Waals surface area contributed by atoms with Gasteiger partial charge in [-0.3, -0.25) is 4.79 Å². The molecule has 2 unspecified atom stereocenters. The molecule has 0 spiro atoms. The van der Waals surface area contributed by atoms with Crippen molar-refractivity contribution >= 4 is 5.91 Å². The third-order valence-electron chi connectivity index (χ3n) is 4.13. The number of hydrogen-bond acceptors (Lipinski definition) is 2. The van der Waals surface area contributed by atoms with Gasteiger partial charge in [-0.2, -0.15) is 0 Å². The third-order valence-corrected chi connectivity index (χ3v) is 4.13. The zero-order chi connectivity index (χ0) is 13.8. The first kappa shape index (κ1) is 13.9. The van der Waals surface area contributed by atoms with Gasteiger partial charge >= 0.3 is 0 Å². The van der Waals surface area contributed by atoms with Crippen LogP contribution in [-0.4, -0.2) is 19.6 Å². The van der Waals surface area contributed by atoms with Crippen LogP contribution in [0, 0.1) is 5.92 Å². The third kappa shape index (κ3) is 2.91. The zero-order valence-electron chi connectivity index (χ0n) is 12.0. The minimum atomic E-state index is -0.0185. The van der Waals surface area contributed by atoms with Crippen LogP contribution in [-0.2, 0) is 0 Å². The topological polar surface area (TPSA) is 38.3 Å². The van der Waals surface area contributed by atoms with Gasteiger partial charge in [0.2, 0.25) is 0 Å². The largest absolute Gasteiger partial charge is 0.497 e. The Morgan fingerprint density at radius 3 is 2.63 bits per heavy atom. The molecule has 1 amide bonds. The van der Waals surface area contributed by atoms with Gasteiger partial charge < -0.3 is 10.1 Å². The second-order valence-corrected chi connectivity index (χ2v) is 5.21. The van der Waals surface area contributed by atoms with Crippen LogP contribution < -0.4 is 10.1 Å². The number of carbonyl (C=O) groups excluding carboxylic acids is 1. The average Bonchev–Trinajstić information content (AvgIpc) is 2.38. The molecular weight excluding hydrogens is 238 g/mol. The van der Waals surface area contributed by atoms with Crippen molar-refractivity contribution in [1.29, 1.82) is 0 Å². The maximum Gasteiger partial charge on any atom is 0.251 e. The van der Waals surface area contributed by atoms with Crippen molar-refractivity contribution < 1.29 is 9.53 Å².